The van der Waals surface area contributed by atoms with E-state index in [1.165, 1.54) is 55.4 Å². The lowest BCUT2D eigenvalue weighted by Crippen LogP contribution is -2.43. The molecule has 1 aromatic heterocycles. The molecule has 3 rings (SSSR count). The van der Waals surface area contributed by atoms with Gasteiger partial charge in [0.15, 0.2) is 0 Å². The number of piperidine rings is 1. The molecule has 140 valence electrons. The smallest absolute Gasteiger partial charge is 0.267 e. The molecule has 4 heteroatoms. The standard InChI is InChI=1S/C22H31N3O/c1-3-19(10-9-18(2)17-25-22(26)8-5-13-23-25)16-20-11-14-24(15-12-20)21-6-4-7-21/h5,8-10,13,16,21H,3-4,6-7,11-12,14-15,17H2,1-2H3. The van der Waals surface area contributed by atoms with Crippen molar-refractivity contribution in [1.29, 1.82) is 0 Å². The first-order valence-electron chi connectivity index (χ1n) is 9.97. The van der Waals surface area contributed by atoms with Gasteiger partial charge >= 0.3 is 0 Å². The lowest BCUT2D eigenvalue weighted by Gasteiger charge is -2.40. The van der Waals surface area contributed by atoms with Crippen molar-refractivity contribution in [3.8, 4) is 0 Å². The van der Waals surface area contributed by atoms with Gasteiger partial charge in [0.25, 0.3) is 5.56 Å². The van der Waals surface area contributed by atoms with E-state index in [1.807, 2.05) is 0 Å². The van der Waals surface area contributed by atoms with Crippen molar-refractivity contribution in [2.45, 2.75) is 65.0 Å². The van der Waals surface area contributed by atoms with Crippen molar-refractivity contribution in [1.82, 2.24) is 14.7 Å². The summed E-state index contributed by atoms with van der Waals surface area (Å²) in [5.41, 5.74) is 4.03. The Morgan fingerprint density at radius 1 is 1.27 bits per heavy atom. The molecule has 0 aromatic carbocycles. The van der Waals surface area contributed by atoms with Crippen LogP contribution in [0.25, 0.3) is 0 Å². The molecule has 0 bridgehead atoms. The summed E-state index contributed by atoms with van der Waals surface area (Å²) >= 11 is 0. The Morgan fingerprint density at radius 3 is 2.65 bits per heavy atom. The van der Waals surface area contributed by atoms with Crippen LogP contribution in [0.5, 0.6) is 0 Å². The molecular weight excluding hydrogens is 322 g/mol. The monoisotopic (exact) mass is 353 g/mol. The zero-order valence-corrected chi connectivity index (χ0v) is 16.2. The Hall–Kier alpha value is -1.94. The van der Waals surface area contributed by atoms with Gasteiger partial charge < -0.3 is 0 Å². The predicted molar refractivity (Wildman–Crippen MR) is 107 cm³/mol. The van der Waals surface area contributed by atoms with Crippen LogP contribution in [0.15, 0.2) is 58.1 Å². The minimum absolute atomic E-state index is 0.0553. The SMILES string of the molecule is CCC(=CC=C(C)Cn1ncccc1=O)C=C1CCN(C2CCC2)CC1. The number of rotatable bonds is 6. The minimum atomic E-state index is -0.0553. The van der Waals surface area contributed by atoms with Gasteiger partial charge in [-0.2, -0.15) is 5.10 Å². The summed E-state index contributed by atoms with van der Waals surface area (Å²) in [7, 11) is 0. The quantitative estimate of drug-likeness (QED) is 0.723. The van der Waals surface area contributed by atoms with Gasteiger partial charge in [0.2, 0.25) is 0 Å². The van der Waals surface area contributed by atoms with Crippen molar-refractivity contribution in [3.05, 3.63) is 63.6 Å². The van der Waals surface area contributed by atoms with Gasteiger partial charge in [-0.3, -0.25) is 9.69 Å². The summed E-state index contributed by atoms with van der Waals surface area (Å²) in [5, 5.41) is 4.12. The molecule has 0 atom stereocenters. The molecule has 1 aliphatic heterocycles. The lowest BCUT2D eigenvalue weighted by atomic mass is 9.89. The first-order valence-corrected chi connectivity index (χ1v) is 9.97. The predicted octanol–water partition coefficient (Wildman–Crippen LogP) is 4.10. The van der Waals surface area contributed by atoms with Crippen molar-refractivity contribution in [3.63, 3.8) is 0 Å². The van der Waals surface area contributed by atoms with E-state index in [1.54, 1.807) is 23.9 Å². The maximum atomic E-state index is 11.8. The van der Waals surface area contributed by atoms with Crippen molar-refractivity contribution >= 4 is 0 Å². The first-order chi connectivity index (χ1) is 12.7. The third-order valence-electron chi connectivity index (χ3n) is 5.60. The fourth-order valence-electron chi connectivity index (χ4n) is 3.65. The number of aromatic nitrogens is 2. The number of allylic oxidation sites excluding steroid dienone is 5. The summed E-state index contributed by atoms with van der Waals surface area (Å²) in [5.74, 6) is 0. The van der Waals surface area contributed by atoms with Gasteiger partial charge in [-0.15, -0.1) is 0 Å². The molecule has 26 heavy (non-hydrogen) atoms. The second kappa shape index (κ2) is 9.13. The van der Waals surface area contributed by atoms with Crippen LogP contribution in [0.1, 0.15) is 52.4 Å². The van der Waals surface area contributed by atoms with Gasteiger partial charge in [-0.05, 0) is 50.7 Å². The molecule has 0 unspecified atom stereocenters. The third-order valence-corrected chi connectivity index (χ3v) is 5.60. The molecule has 2 aliphatic rings. The van der Waals surface area contributed by atoms with E-state index in [2.05, 4.69) is 42.1 Å². The van der Waals surface area contributed by atoms with E-state index in [0.717, 1.165) is 18.0 Å². The van der Waals surface area contributed by atoms with Crippen LogP contribution < -0.4 is 5.56 Å². The van der Waals surface area contributed by atoms with E-state index < -0.39 is 0 Å². The molecule has 1 aliphatic carbocycles. The summed E-state index contributed by atoms with van der Waals surface area (Å²) in [6.07, 6.45) is 16.1. The highest BCUT2D eigenvalue weighted by Crippen LogP contribution is 2.29. The van der Waals surface area contributed by atoms with E-state index in [0.29, 0.717) is 6.54 Å². The molecule has 4 nitrogen and oxygen atoms in total. The molecule has 1 saturated heterocycles. The van der Waals surface area contributed by atoms with E-state index in [-0.39, 0.29) is 5.56 Å². The number of nitrogens with zero attached hydrogens (tertiary/aromatic N) is 3. The summed E-state index contributed by atoms with van der Waals surface area (Å²) in [6, 6.07) is 4.10. The Balaban J connectivity index is 1.59. The number of hydrogen-bond acceptors (Lipinski definition) is 3. The van der Waals surface area contributed by atoms with E-state index >= 15 is 0 Å². The highest BCUT2D eigenvalue weighted by atomic mass is 16.1. The second-order valence-electron chi connectivity index (χ2n) is 7.55. The maximum absolute atomic E-state index is 11.8. The largest absolute Gasteiger partial charge is 0.300 e. The topological polar surface area (TPSA) is 38.1 Å². The maximum Gasteiger partial charge on any atom is 0.267 e. The Bertz CT molecular complexity index is 743. The highest BCUT2D eigenvalue weighted by molar-refractivity contribution is 5.29. The van der Waals surface area contributed by atoms with Crippen molar-refractivity contribution in [2.75, 3.05) is 13.1 Å². The van der Waals surface area contributed by atoms with Gasteiger partial charge in [0.1, 0.15) is 0 Å². The van der Waals surface area contributed by atoms with Crippen LogP contribution >= 0.6 is 0 Å². The summed E-state index contributed by atoms with van der Waals surface area (Å²) in [6.45, 7) is 7.25. The van der Waals surface area contributed by atoms with Gasteiger partial charge in [0, 0.05) is 31.4 Å². The molecular formula is C22H31N3O. The van der Waals surface area contributed by atoms with Crippen LogP contribution in [0.3, 0.4) is 0 Å². The van der Waals surface area contributed by atoms with Crippen LogP contribution in [0.4, 0.5) is 0 Å². The van der Waals surface area contributed by atoms with Crippen LogP contribution in [0.2, 0.25) is 0 Å². The van der Waals surface area contributed by atoms with Crippen LogP contribution in [-0.2, 0) is 6.54 Å². The van der Waals surface area contributed by atoms with Gasteiger partial charge in [-0.1, -0.05) is 42.7 Å². The molecule has 0 spiro atoms. The Kier molecular flexibility index (Phi) is 6.62. The van der Waals surface area contributed by atoms with Crippen molar-refractivity contribution < 1.29 is 0 Å². The molecule has 2 fully saturated rings. The van der Waals surface area contributed by atoms with E-state index in [9.17, 15) is 4.79 Å². The molecule has 2 heterocycles. The van der Waals surface area contributed by atoms with Crippen LogP contribution in [-0.4, -0.2) is 33.8 Å². The fourth-order valence-corrected chi connectivity index (χ4v) is 3.65. The van der Waals surface area contributed by atoms with Crippen LogP contribution in [0, 0.1) is 0 Å². The lowest BCUT2D eigenvalue weighted by molar-refractivity contribution is 0.118. The summed E-state index contributed by atoms with van der Waals surface area (Å²) in [4.78, 5) is 14.4. The minimum Gasteiger partial charge on any atom is -0.300 e. The summed E-state index contributed by atoms with van der Waals surface area (Å²) < 4.78 is 1.50. The zero-order valence-electron chi connectivity index (χ0n) is 16.2. The van der Waals surface area contributed by atoms with Crippen molar-refractivity contribution in [2.24, 2.45) is 0 Å². The average Bonchev–Trinajstić information content (AvgIpc) is 2.60. The molecule has 0 amide bonds. The van der Waals surface area contributed by atoms with Gasteiger partial charge in [-0.25, -0.2) is 4.68 Å². The van der Waals surface area contributed by atoms with E-state index in [4.69, 9.17) is 0 Å². The Morgan fingerprint density at radius 2 is 2.04 bits per heavy atom. The molecule has 0 radical (unpaired) electrons. The normalized spacial score (nSPS) is 20.2. The molecule has 1 saturated carbocycles. The first kappa shape index (κ1) is 18.8. The zero-order chi connectivity index (χ0) is 18.4. The van der Waals surface area contributed by atoms with Gasteiger partial charge in [0.05, 0.1) is 6.54 Å². The highest BCUT2D eigenvalue weighted by Gasteiger charge is 2.26. The Labute approximate surface area is 156 Å². The molecule has 1 aromatic rings. The molecule has 0 N–H and O–H groups in total. The number of hydrogen-bond donors (Lipinski definition) is 0. The fraction of sp³-hybridized carbons (Fsp3) is 0.545. The number of likely N-dealkylation sites (tertiary alicyclic amines) is 1. The second-order valence-corrected chi connectivity index (χ2v) is 7.55. The third kappa shape index (κ3) is 5.04. The average molecular weight is 354 g/mol.